The van der Waals surface area contributed by atoms with E-state index in [1.54, 1.807) is 0 Å². The average molecular weight is 231 g/mol. The van der Waals surface area contributed by atoms with Crippen molar-refractivity contribution in [1.82, 2.24) is 10.3 Å². The van der Waals surface area contributed by atoms with Crippen LogP contribution in [0.25, 0.3) is 0 Å². The Labute approximate surface area is 95.3 Å². The zero-order valence-electron chi connectivity index (χ0n) is 7.98. The van der Waals surface area contributed by atoms with Crippen molar-refractivity contribution in [3.8, 4) is 0 Å². The monoisotopic (exact) mass is 230 g/mol. The van der Waals surface area contributed by atoms with Crippen LogP contribution in [0.3, 0.4) is 0 Å². The lowest BCUT2D eigenvalue weighted by molar-refractivity contribution is 0.858. The average Bonchev–Trinajstić information content (AvgIpc) is 2.69. The van der Waals surface area contributed by atoms with Gasteiger partial charge in [-0.15, -0.1) is 12.4 Å². The fourth-order valence-corrected chi connectivity index (χ4v) is 2.59. The number of aromatic nitrogens is 1. The van der Waals surface area contributed by atoms with Gasteiger partial charge in [-0.25, -0.2) is 0 Å². The van der Waals surface area contributed by atoms with E-state index in [0.29, 0.717) is 0 Å². The van der Waals surface area contributed by atoms with Gasteiger partial charge in [0.25, 0.3) is 0 Å². The molecule has 0 bridgehead atoms. The zero-order chi connectivity index (χ0) is 8.93. The summed E-state index contributed by atoms with van der Waals surface area (Å²) in [6.45, 7) is 2.36. The minimum absolute atomic E-state index is 0. The van der Waals surface area contributed by atoms with E-state index in [9.17, 15) is 0 Å². The van der Waals surface area contributed by atoms with Gasteiger partial charge < -0.3 is 5.32 Å². The summed E-state index contributed by atoms with van der Waals surface area (Å²) in [5.74, 6) is 1.10. The Hall–Kier alpha value is -0.250. The Kier molecular flexibility index (Phi) is 5.30. The first-order valence-corrected chi connectivity index (χ1v) is 5.71. The molecule has 1 fully saturated rings. The van der Waals surface area contributed by atoms with E-state index in [1.807, 2.05) is 30.2 Å². The highest BCUT2D eigenvalue weighted by Gasteiger charge is 2.14. The van der Waals surface area contributed by atoms with Gasteiger partial charge in [0, 0.05) is 29.9 Å². The summed E-state index contributed by atoms with van der Waals surface area (Å²) in [5, 5.41) is 4.18. The van der Waals surface area contributed by atoms with Crippen LogP contribution in [0.5, 0.6) is 0 Å². The number of hydrogen-bond acceptors (Lipinski definition) is 3. The standard InChI is InChI=1S/C10H14N2S.ClH/c1-2-9(6-11-4-1)8-13-10-3-5-12-7-10;/h1-2,4,6,10,12H,3,5,7-8H2;1H. The first-order valence-electron chi connectivity index (χ1n) is 4.66. The molecule has 1 saturated heterocycles. The van der Waals surface area contributed by atoms with Crippen LogP contribution in [-0.2, 0) is 5.75 Å². The molecule has 4 heteroatoms. The van der Waals surface area contributed by atoms with E-state index >= 15 is 0 Å². The van der Waals surface area contributed by atoms with Crippen LogP contribution >= 0.6 is 24.2 Å². The highest BCUT2D eigenvalue weighted by Crippen LogP contribution is 2.21. The van der Waals surface area contributed by atoms with E-state index in [-0.39, 0.29) is 12.4 Å². The molecule has 0 spiro atoms. The summed E-state index contributed by atoms with van der Waals surface area (Å²) in [5.41, 5.74) is 1.33. The van der Waals surface area contributed by atoms with E-state index in [1.165, 1.54) is 25.1 Å². The second kappa shape index (κ2) is 6.27. The smallest absolute Gasteiger partial charge is 0.0308 e. The number of nitrogens with one attached hydrogen (secondary N) is 1. The van der Waals surface area contributed by atoms with Crippen LogP contribution < -0.4 is 5.32 Å². The zero-order valence-corrected chi connectivity index (χ0v) is 9.61. The fraction of sp³-hybridized carbons (Fsp3) is 0.500. The third-order valence-corrected chi connectivity index (χ3v) is 3.60. The highest BCUT2D eigenvalue weighted by molar-refractivity contribution is 7.99. The molecule has 1 aliphatic rings. The van der Waals surface area contributed by atoms with Crippen molar-refractivity contribution >= 4 is 24.2 Å². The summed E-state index contributed by atoms with van der Waals surface area (Å²) < 4.78 is 0. The molecule has 0 radical (unpaired) electrons. The fourth-order valence-electron chi connectivity index (χ4n) is 1.47. The molecule has 1 atom stereocenters. The molecule has 1 unspecified atom stereocenters. The van der Waals surface area contributed by atoms with Crippen molar-refractivity contribution in [2.24, 2.45) is 0 Å². The predicted molar refractivity (Wildman–Crippen MR) is 64.1 cm³/mol. The molecule has 14 heavy (non-hydrogen) atoms. The van der Waals surface area contributed by atoms with Crippen LogP contribution in [0.2, 0.25) is 0 Å². The lowest BCUT2D eigenvalue weighted by Crippen LogP contribution is -2.10. The molecular weight excluding hydrogens is 216 g/mol. The second-order valence-corrected chi connectivity index (χ2v) is 4.58. The SMILES string of the molecule is Cl.c1cncc(CSC2CCNC2)c1. The van der Waals surface area contributed by atoms with E-state index in [0.717, 1.165) is 11.0 Å². The normalized spacial score (nSPS) is 20.4. The number of rotatable bonds is 3. The first kappa shape index (κ1) is 11.8. The Bertz CT molecular complexity index is 250. The highest BCUT2D eigenvalue weighted by atomic mass is 35.5. The molecule has 1 aromatic heterocycles. The quantitative estimate of drug-likeness (QED) is 0.861. The molecule has 2 heterocycles. The molecule has 2 nitrogen and oxygen atoms in total. The van der Waals surface area contributed by atoms with Crippen molar-refractivity contribution in [2.45, 2.75) is 17.4 Å². The Balaban J connectivity index is 0.000000980. The minimum Gasteiger partial charge on any atom is -0.316 e. The summed E-state index contributed by atoms with van der Waals surface area (Å²) in [7, 11) is 0. The summed E-state index contributed by atoms with van der Waals surface area (Å²) in [4.78, 5) is 4.10. The van der Waals surface area contributed by atoms with E-state index in [2.05, 4.69) is 16.4 Å². The molecule has 2 rings (SSSR count). The molecule has 0 amide bonds. The summed E-state index contributed by atoms with van der Waals surface area (Å²) in [6.07, 6.45) is 5.09. The van der Waals surface area contributed by atoms with Crippen molar-refractivity contribution in [3.05, 3.63) is 30.1 Å². The second-order valence-electron chi connectivity index (χ2n) is 3.29. The van der Waals surface area contributed by atoms with Crippen LogP contribution in [-0.4, -0.2) is 23.3 Å². The van der Waals surface area contributed by atoms with Crippen LogP contribution in [0.4, 0.5) is 0 Å². The van der Waals surface area contributed by atoms with Crippen molar-refractivity contribution in [3.63, 3.8) is 0 Å². The predicted octanol–water partition coefficient (Wildman–Crippen LogP) is 2.10. The van der Waals surface area contributed by atoms with Crippen molar-refractivity contribution in [2.75, 3.05) is 13.1 Å². The van der Waals surface area contributed by atoms with Crippen molar-refractivity contribution in [1.29, 1.82) is 0 Å². The number of pyridine rings is 1. The summed E-state index contributed by atoms with van der Waals surface area (Å²) in [6, 6.07) is 4.14. The maximum Gasteiger partial charge on any atom is 0.0308 e. The third-order valence-electron chi connectivity index (χ3n) is 2.22. The molecule has 78 valence electrons. The van der Waals surface area contributed by atoms with Gasteiger partial charge in [-0.2, -0.15) is 11.8 Å². The molecule has 1 N–H and O–H groups in total. The molecule has 0 aliphatic carbocycles. The van der Waals surface area contributed by atoms with E-state index < -0.39 is 0 Å². The van der Waals surface area contributed by atoms with Gasteiger partial charge in [0.15, 0.2) is 0 Å². The number of hydrogen-bond donors (Lipinski definition) is 1. The van der Waals surface area contributed by atoms with Gasteiger partial charge in [0.1, 0.15) is 0 Å². The molecule has 1 aromatic rings. The number of nitrogens with zero attached hydrogens (tertiary/aromatic N) is 1. The minimum atomic E-state index is 0. The molecule has 0 saturated carbocycles. The van der Waals surface area contributed by atoms with Crippen LogP contribution in [0.1, 0.15) is 12.0 Å². The lowest BCUT2D eigenvalue weighted by atomic mass is 10.3. The van der Waals surface area contributed by atoms with Gasteiger partial charge in [-0.3, -0.25) is 4.98 Å². The Morgan fingerprint density at radius 2 is 2.50 bits per heavy atom. The molecule has 0 aromatic carbocycles. The number of halogens is 1. The number of thioether (sulfide) groups is 1. The van der Waals surface area contributed by atoms with Crippen molar-refractivity contribution < 1.29 is 0 Å². The third kappa shape index (κ3) is 3.48. The molecule has 1 aliphatic heterocycles. The topological polar surface area (TPSA) is 24.9 Å². The van der Waals surface area contributed by atoms with Gasteiger partial charge in [0.2, 0.25) is 0 Å². The van der Waals surface area contributed by atoms with Gasteiger partial charge in [-0.05, 0) is 24.6 Å². The van der Waals surface area contributed by atoms with Gasteiger partial charge in [-0.1, -0.05) is 6.07 Å². The molecular formula is C10H15ClN2S. The van der Waals surface area contributed by atoms with Gasteiger partial charge in [0.05, 0.1) is 0 Å². The summed E-state index contributed by atoms with van der Waals surface area (Å²) >= 11 is 2.03. The van der Waals surface area contributed by atoms with Gasteiger partial charge >= 0.3 is 0 Å². The van der Waals surface area contributed by atoms with Crippen LogP contribution in [0.15, 0.2) is 24.5 Å². The van der Waals surface area contributed by atoms with Crippen LogP contribution in [0, 0.1) is 0 Å². The Morgan fingerprint density at radius 3 is 3.14 bits per heavy atom. The largest absolute Gasteiger partial charge is 0.316 e. The first-order chi connectivity index (χ1) is 6.45. The maximum atomic E-state index is 4.10. The maximum absolute atomic E-state index is 4.10. The lowest BCUT2D eigenvalue weighted by Gasteiger charge is -2.06. The van der Waals surface area contributed by atoms with E-state index in [4.69, 9.17) is 0 Å². The Morgan fingerprint density at radius 1 is 1.57 bits per heavy atom.